The molecule has 1 saturated heterocycles. The third kappa shape index (κ3) is 4.10. The smallest absolute Gasteiger partial charge is 0.346 e. The molecule has 25 heavy (non-hydrogen) atoms. The molecule has 0 bridgehead atoms. The number of benzene rings is 1. The van der Waals surface area contributed by atoms with Gasteiger partial charge < -0.3 is 14.8 Å². The van der Waals surface area contributed by atoms with E-state index in [-0.39, 0.29) is 5.91 Å². The molecule has 0 saturated carbocycles. The van der Waals surface area contributed by atoms with Gasteiger partial charge in [0.05, 0.1) is 19.9 Å². The molecular weight excluding hydrogens is 322 g/mol. The first-order chi connectivity index (χ1) is 11.9. The number of hydrogen-bond donors (Lipinski definition) is 1. The Morgan fingerprint density at radius 2 is 2.04 bits per heavy atom. The van der Waals surface area contributed by atoms with Gasteiger partial charge in [-0.1, -0.05) is 20.3 Å². The molecule has 1 atom stereocenters. The number of rotatable bonds is 8. The first kappa shape index (κ1) is 18.8. The third-order valence-corrected chi connectivity index (χ3v) is 4.21. The van der Waals surface area contributed by atoms with Crippen molar-refractivity contribution in [3.8, 4) is 11.5 Å². The van der Waals surface area contributed by atoms with Crippen molar-refractivity contribution in [2.45, 2.75) is 45.6 Å². The molecule has 2 rings (SSSR count). The highest BCUT2D eigenvalue weighted by molar-refractivity contribution is 6.07. The molecule has 7 nitrogen and oxygen atoms in total. The lowest BCUT2D eigenvalue weighted by molar-refractivity contribution is -0.130. The minimum atomic E-state index is -0.900. The lowest BCUT2D eigenvalue weighted by Crippen LogP contribution is -2.42. The number of ether oxygens (including phenoxy) is 2. The van der Waals surface area contributed by atoms with Gasteiger partial charge in [-0.3, -0.25) is 4.79 Å². The lowest BCUT2D eigenvalue weighted by atomic mass is 10.00. The number of hydrazone groups is 1. The first-order valence-corrected chi connectivity index (χ1v) is 8.46. The summed E-state index contributed by atoms with van der Waals surface area (Å²) in [5.41, 5.74) is -0.200. The quantitative estimate of drug-likeness (QED) is 0.445. The van der Waals surface area contributed by atoms with Gasteiger partial charge in [0.1, 0.15) is 5.54 Å². The van der Waals surface area contributed by atoms with Crippen LogP contribution in [0.1, 0.15) is 45.6 Å². The summed E-state index contributed by atoms with van der Waals surface area (Å²) in [4.78, 5) is 24.2. The molecule has 1 aliphatic rings. The van der Waals surface area contributed by atoms with E-state index in [1.54, 1.807) is 32.2 Å². The highest BCUT2D eigenvalue weighted by Crippen LogP contribution is 2.28. The average Bonchev–Trinajstić information content (AvgIpc) is 2.83. The summed E-state index contributed by atoms with van der Waals surface area (Å²) in [5.74, 6) is 0.875. The summed E-state index contributed by atoms with van der Waals surface area (Å²) >= 11 is 0. The fourth-order valence-electron chi connectivity index (χ4n) is 2.35. The van der Waals surface area contributed by atoms with E-state index >= 15 is 0 Å². The molecule has 0 radical (unpaired) electrons. The molecule has 136 valence electrons. The monoisotopic (exact) mass is 347 g/mol. The standard InChI is InChI=1S/C18H25N3O4/c1-5-7-10-25-14-9-8-13(11-15(14)24-4)12-19-21-16(22)18(3,6-2)20-17(21)23/h8-9,11-12H,5-7,10H2,1-4H3,(H,20,23)/b19-12+. The number of methoxy groups -OCH3 is 1. The number of amides is 3. The normalized spacial score (nSPS) is 20.2. The van der Waals surface area contributed by atoms with E-state index in [0.717, 1.165) is 17.9 Å². The van der Waals surface area contributed by atoms with Crippen LogP contribution < -0.4 is 14.8 Å². The summed E-state index contributed by atoms with van der Waals surface area (Å²) in [7, 11) is 1.56. The van der Waals surface area contributed by atoms with Crippen molar-refractivity contribution in [3.63, 3.8) is 0 Å². The van der Waals surface area contributed by atoms with Crippen molar-refractivity contribution >= 4 is 18.2 Å². The van der Waals surface area contributed by atoms with Crippen LogP contribution in [0.15, 0.2) is 23.3 Å². The molecule has 1 unspecified atom stereocenters. The van der Waals surface area contributed by atoms with Gasteiger partial charge in [-0.2, -0.15) is 5.10 Å². The Hall–Kier alpha value is -2.57. The van der Waals surface area contributed by atoms with Crippen LogP contribution in [-0.4, -0.2) is 42.4 Å². The molecule has 1 aliphatic heterocycles. The van der Waals surface area contributed by atoms with Gasteiger partial charge in [-0.05, 0) is 43.5 Å². The Bertz CT molecular complexity index is 674. The van der Waals surface area contributed by atoms with Gasteiger partial charge in [0.2, 0.25) is 0 Å². The molecule has 1 aromatic carbocycles. The topological polar surface area (TPSA) is 80.2 Å². The zero-order valence-corrected chi connectivity index (χ0v) is 15.2. The molecule has 1 N–H and O–H groups in total. The second-order valence-corrected chi connectivity index (χ2v) is 6.09. The molecule has 0 aromatic heterocycles. The zero-order valence-electron chi connectivity index (χ0n) is 15.2. The van der Waals surface area contributed by atoms with E-state index in [0.29, 0.717) is 30.1 Å². The lowest BCUT2D eigenvalue weighted by Gasteiger charge is -2.17. The van der Waals surface area contributed by atoms with Crippen molar-refractivity contribution in [1.29, 1.82) is 0 Å². The minimum absolute atomic E-state index is 0.359. The van der Waals surface area contributed by atoms with Crippen LogP contribution in [0, 0.1) is 0 Å². The number of carbonyl (C=O) groups excluding carboxylic acids is 2. The van der Waals surface area contributed by atoms with E-state index in [4.69, 9.17) is 9.47 Å². The number of nitrogens with one attached hydrogen (secondary N) is 1. The van der Waals surface area contributed by atoms with Crippen LogP contribution in [0.3, 0.4) is 0 Å². The van der Waals surface area contributed by atoms with Crippen LogP contribution in [0.25, 0.3) is 0 Å². The molecule has 0 spiro atoms. The minimum Gasteiger partial charge on any atom is -0.493 e. The maximum Gasteiger partial charge on any atom is 0.346 e. The Labute approximate surface area is 148 Å². The largest absolute Gasteiger partial charge is 0.493 e. The van der Waals surface area contributed by atoms with Gasteiger partial charge in [-0.25, -0.2) is 4.79 Å². The number of urea groups is 1. The number of hydrogen-bond acceptors (Lipinski definition) is 5. The molecule has 1 heterocycles. The maximum absolute atomic E-state index is 12.3. The number of unbranched alkanes of at least 4 members (excludes halogenated alkanes) is 1. The van der Waals surface area contributed by atoms with Gasteiger partial charge >= 0.3 is 6.03 Å². The highest BCUT2D eigenvalue weighted by Gasteiger charge is 2.46. The van der Waals surface area contributed by atoms with Crippen LogP contribution in [0.4, 0.5) is 4.79 Å². The summed E-state index contributed by atoms with van der Waals surface area (Å²) < 4.78 is 11.0. The summed E-state index contributed by atoms with van der Waals surface area (Å²) in [6.45, 7) is 6.25. The molecule has 1 fully saturated rings. The van der Waals surface area contributed by atoms with Crippen molar-refractivity contribution in [1.82, 2.24) is 10.3 Å². The van der Waals surface area contributed by atoms with Gasteiger partial charge in [0.15, 0.2) is 11.5 Å². The summed E-state index contributed by atoms with van der Waals surface area (Å²) in [6, 6.07) is 4.82. The van der Waals surface area contributed by atoms with Crippen molar-refractivity contribution in [2.24, 2.45) is 5.10 Å². The fraction of sp³-hybridized carbons (Fsp3) is 0.500. The fourth-order valence-corrected chi connectivity index (χ4v) is 2.35. The molecule has 7 heteroatoms. The zero-order chi connectivity index (χ0) is 18.4. The number of imide groups is 1. The van der Waals surface area contributed by atoms with Crippen molar-refractivity contribution in [3.05, 3.63) is 23.8 Å². The van der Waals surface area contributed by atoms with E-state index < -0.39 is 11.6 Å². The van der Waals surface area contributed by atoms with Crippen LogP contribution in [0.2, 0.25) is 0 Å². The third-order valence-electron chi connectivity index (χ3n) is 4.21. The maximum atomic E-state index is 12.3. The van der Waals surface area contributed by atoms with Crippen LogP contribution in [-0.2, 0) is 4.79 Å². The second kappa shape index (κ2) is 8.00. The Kier molecular flexibility index (Phi) is 6.01. The number of nitrogens with zero attached hydrogens (tertiary/aromatic N) is 2. The van der Waals surface area contributed by atoms with Crippen molar-refractivity contribution in [2.75, 3.05) is 13.7 Å². The van der Waals surface area contributed by atoms with Crippen LogP contribution >= 0.6 is 0 Å². The average molecular weight is 347 g/mol. The highest BCUT2D eigenvalue weighted by atomic mass is 16.5. The van der Waals surface area contributed by atoms with E-state index in [9.17, 15) is 9.59 Å². The summed E-state index contributed by atoms with van der Waals surface area (Å²) in [5, 5.41) is 7.55. The predicted octanol–water partition coefficient (Wildman–Crippen LogP) is 2.93. The van der Waals surface area contributed by atoms with E-state index in [2.05, 4.69) is 17.3 Å². The SMILES string of the molecule is CCCCOc1ccc(/C=N/N2C(=O)NC(C)(CC)C2=O)cc1OC. The van der Waals surface area contributed by atoms with Gasteiger partial charge in [0.25, 0.3) is 5.91 Å². The van der Waals surface area contributed by atoms with Crippen LogP contribution in [0.5, 0.6) is 11.5 Å². The van der Waals surface area contributed by atoms with E-state index in [1.807, 2.05) is 6.92 Å². The molecule has 0 aliphatic carbocycles. The number of carbonyl (C=O) groups is 2. The van der Waals surface area contributed by atoms with Crippen molar-refractivity contribution < 1.29 is 19.1 Å². The van der Waals surface area contributed by atoms with Gasteiger partial charge in [-0.15, -0.1) is 5.01 Å². The predicted molar refractivity (Wildman–Crippen MR) is 95.1 cm³/mol. The Balaban J connectivity index is 2.13. The first-order valence-electron chi connectivity index (χ1n) is 8.46. The molecule has 3 amide bonds. The second-order valence-electron chi connectivity index (χ2n) is 6.09. The molecule has 1 aromatic rings. The molecular formula is C18H25N3O4. The summed E-state index contributed by atoms with van der Waals surface area (Å²) in [6.07, 6.45) is 3.98. The van der Waals surface area contributed by atoms with Gasteiger partial charge in [0, 0.05) is 0 Å². The Morgan fingerprint density at radius 1 is 1.28 bits per heavy atom. The van der Waals surface area contributed by atoms with E-state index in [1.165, 1.54) is 6.21 Å². The Morgan fingerprint density at radius 3 is 2.64 bits per heavy atom.